The highest BCUT2D eigenvalue weighted by Gasteiger charge is 2.58. The maximum Gasteiger partial charge on any atom is 0.311 e. The van der Waals surface area contributed by atoms with Crippen molar-refractivity contribution >= 4 is 17.8 Å². The van der Waals surface area contributed by atoms with Crippen molar-refractivity contribution < 1.29 is 28.5 Å². The van der Waals surface area contributed by atoms with Gasteiger partial charge in [0.2, 0.25) is 5.91 Å². The molecule has 0 aromatic carbocycles. The first kappa shape index (κ1) is 21.3. The van der Waals surface area contributed by atoms with Crippen LogP contribution in [-0.2, 0) is 25.6 Å². The van der Waals surface area contributed by atoms with Crippen LogP contribution in [0.15, 0.2) is 10.6 Å². The third-order valence-electron chi connectivity index (χ3n) is 5.71. The molecule has 3 heterocycles. The van der Waals surface area contributed by atoms with Gasteiger partial charge in [-0.3, -0.25) is 19.2 Å². The van der Waals surface area contributed by atoms with Gasteiger partial charge in [-0.2, -0.15) is 0 Å². The van der Waals surface area contributed by atoms with Crippen molar-refractivity contribution in [3.8, 4) is 0 Å². The summed E-state index contributed by atoms with van der Waals surface area (Å²) >= 11 is 0. The van der Waals surface area contributed by atoms with Crippen LogP contribution in [0.25, 0.3) is 0 Å². The molecule has 160 valence electrons. The third kappa shape index (κ3) is 4.01. The molecule has 0 aliphatic carbocycles. The van der Waals surface area contributed by atoms with E-state index in [4.69, 9.17) is 14.1 Å². The average Bonchev–Trinajstić information content (AvgIpc) is 3.26. The molecule has 0 N–H and O–H groups in total. The number of ether oxygens (including phenoxy) is 1. The summed E-state index contributed by atoms with van der Waals surface area (Å²) in [5, 5.41) is 5.27. The maximum absolute atomic E-state index is 12.8. The molecule has 0 bridgehead atoms. The Morgan fingerprint density at radius 2 is 2.03 bits per heavy atom. The van der Waals surface area contributed by atoms with Crippen molar-refractivity contribution in [1.82, 2.24) is 15.1 Å². The van der Waals surface area contributed by atoms with E-state index in [0.717, 1.165) is 6.42 Å². The molecule has 0 radical (unpaired) electrons. The van der Waals surface area contributed by atoms with E-state index in [1.165, 1.54) is 12.2 Å². The zero-order valence-corrected chi connectivity index (χ0v) is 17.5. The molecule has 2 saturated heterocycles. The van der Waals surface area contributed by atoms with Crippen molar-refractivity contribution in [1.29, 1.82) is 0 Å². The summed E-state index contributed by atoms with van der Waals surface area (Å²) in [5.74, 6) is -0.368. The van der Waals surface area contributed by atoms with E-state index in [2.05, 4.69) is 19.0 Å². The molecule has 9 nitrogen and oxygen atoms in total. The summed E-state index contributed by atoms with van der Waals surface area (Å²) in [6.45, 7) is 7.02. The first-order valence-electron chi connectivity index (χ1n) is 10.1. The number of carbonyl (C=O) groups is 3. The van der Waals surface area contributed by atoms with Crippen LogP contribution < -0.4 is 0 Å². The van der Waals surface area contributed by atoms with Crippen molar-refractivity contribution in [3.63, 3.8) is 0 Å². The monoisotopic (exact) mass is 407 g/mol. The first-order valence-corrected chi connectivity index (χ1v) is 10.1. The molecule has 29 heavy (non-hydrogen) atoms. The van der Waals surface area contributed by atoms with Gasteiger partial charge in [-0.15, -0.1) is 0 Å². The third-order valence-corrected chi connectivity index (χ3v) is 5.71. The lowest BCUT2D eigenvalue weighted by Crippen LogP contribution is -2.58. The molecule has 0 saturated carbocycles. The number of hydrogen-bond acceptors (Lipinski definition) is 7. The van der Waals surface area contributed by atoms with Gasteiger partial charge in [0, 0.05) is 32.0 Å². The second-order valence-electron chi connectivity index (χ2n) is 8.06. The number of rotatable bonds is 6. The fourth-order valence-electron chi connectivity index (χ4n) is 4.33. The van der Waals surface area contributed by atoms with Gasteiger partial charge in [-0.05, 0) is 25.7 Å². The van der Waals surface area contributed by atoms with Crippen LogP contribution in [0, 0.1) is 11.8 Å². The Kier molecular flexibility index (Phi) is 6.26. The molecule has 3 rings (SSSR count). The van der Waals surface area contributed by atoms with Crippen LogP contribution in [0.1, 0.15) is 56.3 Å². The Morgan fingerprint density at radius 1 is 1.34 bits per heavy atom. The van der Waals surface area contributed by atoms with Crippen molar-refractivity contribution in [3.05, 3.63) is 17.5 Å². The number of hydrogen-bond donors (Lipinski definition) is 0. The number of piperidine rings is 1. The van der Waals surface area contributed by atoms with Crippen molar-refractivity contribution in [2.24, 2.45) is 11.8 Å². The minimum absolute atomic E-state index is 0.0580. The van der Waals surface area contributed by atoms with Crippen molar-refractivity contribution in [2.45, 2.75) is 52.0 Å². The zero-order valence-electron chi connectivity index (χ0n) is 17.5. The predicted molar refractivity (Wildman–Crippen MR) is 102 cm³/mol. The van der Waals surface area contributed by atoms with E-state index in [1.807, 2.05) is 0 Å². The largest absolute Gasteiger partial charge is 0.469 e. The van der Waals surface area contributed by atoms with Gasteiger partial charge in [-0.1, -0.05) is 19.0 Å². The Balaban J connectivity index is 1.74. The van der Waals surface area contributed by atoms with E-state index < -0.39 is 17.4 Å². The van der Waals surface area contributed by atoms with Gasteiger partial charge >= 0.3 is 5.97 Å². The number of hydroxylamine groups is 2. The molecule has 2 aliphatic heterocycles. The summed E-state index contributed by atoms with van der Waals surface area (Å²) < 4.78 is 10.2. The molecule has 0 unspecified atom stereocenters. The summed E-state index contributed by atoms with van der Waals surface area (Å²) in [7, 11) is 1.32. The summed E-state index contributed by atoms with van der Waals surface area (Å²) in [6, 6.07) is 1.69. The van der Waals surface area contributed by atoms with Crippen LogP contribution >= 0.6 is 0 Å². The lowest BCUT2D eigenvalue weighted by Gasteiger charge is -2.45. The standard InChI is InChI=1S/C20H29N3O6/c1-5-28-23-17(24)12-15(19(26)27-4)20(23)6-8-22(9-7-20)18(25)16-11-14(29-21-16)10-13(2)3/h11,13,15H,5-10,12H2,1-4H3/t15-/m0/s1. The molecule has 1 aromatic rings. The van der Waals surface area contributed by atoms with Crippen LogP contribution in [-0.4, -0.2) is 65.2 Å². The highest BCUT2D eigenvalue weighted by atomic mass is 16.7. The normalized spacial score (nSPS) is 21.3. The number of aromatic nitrogens is 1. The topological polar surface area (TPSA) is 102 Å². The molecule has 2 amide bonds. The molecular weight excluding hydrogens is 378 g/mol. The Morgan fingerprint density at radius 3 is 2.62 bits per heavy atom. The van der Waals surface area contributed by atoms with Gasteiger partial charge in [0.15, 0.2) is 5.69 Å². The highest BCUT2D eigenvalue weighted by molar-refractivity contribution is 5.92. The van der Waals surface area contributed by atoms with E-state index >= 15 is 0 Å². The minimum Gasteiger partial charge on any atom is -0.469 e. The Hall–Kier alpha value is -2.42. The Bertz CT molecular complexity index is 766. The quantitative estimate of drug-likeness (QED) is 0.663. The molecule has 1 atom stereocenters. The highest BCUT2D eigenvalue weighted by Crippen LogP contribution is 2.44. The van der Waals surface area contributed by atoms with Crippen LogP contribution in [0.3, 0.4) is 0 Å². The van der Waals surface area contributed by atoms with Gasteiger partial charge in [0.1, 0.15) is 5.76 Å². The number of amides is 2. The predicted octanol–water partition coefficient (Wildman–Crippen LogP) is 1.82. The van der Waals surface area contributed by atoms with Gasteiger partial charge in [0.05, 0.1) is 25.2 Å². The zero-order chi connectivity index (χ0) is 21.2. The summed E-state index contributed by atoms with van der Waals surface area (Å²) in [5.41, 5.74) is -0.505. The number of carbonyl (C=O) groups excluding carboxylic acids is 3. The van der Waals surface area contributed by atoms with Crippen molar-refractivity contribution in [2.75, 3.05) is 26.8 Å². The molecule has 2 aliphatic rings. The molecule has 9 heteroatoms. The smallest absolute Gasteiger partial charge is 0.311 e. The Labute approximate surface area is 170 Å². The second kappa shape index (κ2) is 8.52. The minimum atomic E-state index is -0.788. The van der Waals surface area contributed by atoms with Crippen LogP contribution in [0.5, 0.6) is 0 Å². The van der Waals surface area contributed by atoms with E-state index in [1.54, 1.807) is 17.9 Å². The van der Waals surface area contributed by atoms with Gasteiger partial charge in [0.25, 0.3) is 5.91 Å². The number of methoxy groups -OCH3 is 1. The number of nitrogens with zero attached hydrogens (tertiary/aromatic N) is 3. The fourth-order valence-corrected chi connectivity index (χ4v) is 4.33. The SMILES string of the molecule is CCON1C(=O)C[C@@H](C(=O)OC)C12CCN(C(=O)c1cc(CC(C)C)on1)CC2. The molecular formula is C20H29N3O6. The lowest BCUT2D eigenvalue weighted by atomic mass is 9.77. The molecule has 1 aromatic heterocycles. The molecule has 1 spiro atoms. The maximum atomic E-state index is 12.8. The summed E-state index contributed by atoms with van der Waals surface area (Å²) in [4.78, 5) is 45.0. The lowest BCUT2D eigenvalue weighted by molar-refractivity contribution is -0.220. The van der Waals surface area contributed by atoms with Gasteiger partial charge < -0.3 is 14.2 Å². The van der Waals surface area contributed by atoms with E-state index in [-0.39, 0.29) is 23.9 Å². The van der Waals surface area contributed by atoms with E-state index in [9.17, 15) is 14.4 Å². The number of likely N-dealkylation sites (tertiary alicyclic amines) is 1. The number of esters is 1. The molecule has 2 fully saturated rings. The fraction of sp³-hybridized carbons (Fsp3) is 0.700. The van der Waals surface area contributed by atoms with E-state index in [0.29, 0.717) is 44.2 Å². The second-order valence-corrected chi connectivity index (χ2v) is 8.06. The van der Waals surface area contributed by atoms with Crippen LogP contribution in [0.2, 0.25) is 0 Å². The summed E-state index contributed by atoms with van der Waals surface area (Å²) in [6.07, 6.45) is 1.64. The van der Waals surface area contributed by atoms with Crippen LogP contribution in [0.4, 0.5) is 0 Å². The average molecular weight is 407 g/mol. The first-order chi connectivity index (χ1) is 13.8. The van der Waals surface area contributed by atoms with Gasteiger partial charge in [-0.25, -0.2) is 5.06 Å².